The van der Waals surface area contributed by atoms with Crippen LogP contribution in [0.2, 0.25) is 0 Å². The molecular formula is C16H19N3O. The highest BCUT2D eigenvalue weighted by atomic mass is 16.2. The first kappa shape index (κ1) is 13.0. The van der Waals surface area contributed by atoms with Crippen LogP contribution in [0.15, 0.2) is 24.3 Å². The van der Waals surface area contributed by atoms with Crippen molar-refractivity contribution < 1.29 is 4.79 Å². The summed E-state index contributed by atoms with van der Waals surface area (Å²) >= 11 is 0. The van der Waals surface area contributed by atoms with Crippen LogP contribution in [0.4, 0.5) is 5.69 Å². The van der Waals surface area contributed by atoms with Crippen LogP contribution in [-0.2, 0) is 4.79 Å². The normalized spacial score (nSPS) is 26.1. The van der Waals surface area contributed by atoms with Crippen LogP contribution in [0, 0.1) is 24.2 Å². The lowest BCUT2D eigenvalue weighted by Gasteiger charge is -2.25. The molecule has 2 fully saturated rings. The molecule has 0 N–H and O–H groups in total. The molecular weight excluding hydrogens is 250 g/mol. The van der Waals surface area contributed by atoms with Gasteiger partial charge in [0.15, 0.2) is 0 Å². The van der Waals surface area contributed by atoms with Crippen molar-refractivity contribution in [1.82, 2.24) is 4.90 Å². The Morgan fingerprint density at radius 2 is 2.10 bits per heavy atom. The highest BCUT2D eigenvalue weighted by Crippen LogP contribution is 2.29. The number of nitrogens with zero attached hydrogens (tertiary/aromatic N) is 3. The molecule has 2 unspecified atom stereocenters. The molecule has 20 heavy (non-hydrogen) atoms. The molecule has 1 aromatic rings. The summed E-state index contributed by atoms with van der Waals surface area (Å²) in [7, 11) is 0. The number of nitriles is 1. The number of anilines is 1. The molecule has 2 aliphatic rings. The Morgan fingerprint density at radius 1 is 1.30 bits per heavy atom. The molecule has 3 rings (SSSR count). The van der Waals surface area contributed by atoms with E-state index < -0.39 is 0 Å². The van der Waals surface area contributed by atoms with Gasteiger partial charge in [-0.3, -0.25) is 4.79 Å². The maximum absolute atomic E-state index is 12.0. The van der Waals surface area contributed by atoms with E-state index in [4.69, 9.17) is 5.26 Å². The van der Waals surface area contributed by atoms with Crippen molar-refractivity contribution in [3.63, 3.8) is 0 Å². The van der Waals surface area contributed by atoms with Crippen LogP contribution in [0.3, 0.4) is 0 Å². The van der Waals surface area contributed by atoms with E-state index in [1.807, 2.05) is 11.0 Å². The number of aryl methyl sites for hydroxylation is 1. The number of carbonyl (C=O) groups excluding carboxylic acids is 1. The van der Waals surface area contributed by atoms with E-state index in [2.05, 4.69) is 36.1 Å². The third-order valence-electron chi connectivity index (χ3n) is 4.40. The summed E-state index contributed by atoms with van der Waals surface area (Å²) in [6, 6.07) is 10.9. The Labute approximate surface area is 119 Å². The molecule has 2 atom stereocenters. The lowest BCUT2D eigenvalue weighted by atomic mass is 10.1. The summed E-state index contributed by atoms with van der Waals surface area (Å²) in [4.78, 5) is 16.3. The van der Waals surface area contributed by atoms with Crippen LogP contribution >= 0.6 is 0 Å². The lowest BCUT2D eigenvalue weighted by molar-refractivity contribution is -0.129. The minimum atomic E-state index is -0.116. The molecule has 0 aromatic heterocycles. The van der Waals surface area contributed by atoms with Gasteiger partial charge in [0.1, 0.15) is 0 Å². The molecule has 1 aromatic carbocycles. The van der Waals surface area contributed by atoms with Crippen LogP contribution in [0.25, 0.3) is 0 Å². The van der Waals surface area contributed by atoms with E-state index in [-0.39, 0.29) is 17.9 Å². The minimum absolute atomic E-state index is 0.116. The molecule has 0 radical (unpaired) electrons. The summed E-state index contributed by atoms with van der Waals surface area (Å²) in [6.45, 7) is 4.60. The van der Waals surface area contributed by atoms with Gasteiger partial charge in [0.05, 0.1) is 18.0 Å². The van der Waals surface area contributed by atoms with Crippen LogP contribution < -0.4 is 4.90 Å². The van der Waals surface area contributed by atoms with E-state index >= 15 is 0 Å². The summed E-state index contributed by atoms with van der Waals surface area (Å²) in [5, 5.41) is 8.97. The van der Waals surface area contributed by atoms with E-state index in [0.29, 0.717) is 13.0 Å². The average molecular weight is 269 g/mol. The second kappa shape index (κ2) is 5.16. The molecule has 0 saturated carbocycles. The molecule has 0 aliphatic carbocycles. The Morgan fingerprint density at radius 3 is 2.80 bits per heavy atom. The smallest absolute Gasteiger partial charge is 0.224 e. The third kappa shape index (κ3) is 2.24. The molecule has 1 amide bonds. The van der Waals surface area contributed by atoms with Crippen molar-refractivity contribution in [2.45, 2.75) is 25.8 Å². The van der Waals surface area contributed by atoms with Gasteiger partial charge in [0, 0.05) is 31.7 Å². The van der Waals surface area contributed by atoms with Crippen molar-refractivity contribution in [1.29, 1.82) is 5.26 Å². The second-order valence-electron chi connectivity index (χ2n) is 5.75. The number of rotatable bonds is 2. The number of hydrogen-bond donors (Lipinski definition) is 0. The van der Waals surface area contributed by atoms with Gasteiger partial charge >= 0.3 is 0 Å². The lowest BCUT2D eigenvalue weighted by Crippen LogP contribution is -2.38. The van der Waals surface area contributed by atoms with Gasteiger partial charge < -0.3 is 9.80 Å². The molecule has 4 heteroatoms. The minimum Gasteiger partial charge on any atom is -0.369 e. The molecule has 104 valence electrons. The summed E-state index contributed by atoms with van der Waals surface area (Å²) in [5.41, 5.74) is 2.54. The van der Waals surface area contributed by atoms with Gasteiger partial charge in [-0.1, -0.05) is 18.2 Å². The summed E-state index contributed by atoms with van der Waals surface area (Å²) in [6.07, 6.45) is 1.40. The van der Waals surface area contributed by atoms with Crippen molar-refractivity contribution in [3.05, 3.63) is 29.8 Å². The summed E-state index contributed by atoms with van der Waals surface area (Å²) in [5.74, 6) is 0.0307. The fourth-order valence-electron chi connectivity index (χ4n) is 3.30. The van der Waals surface area contributed by atoms with Crippen molar-refractivity contribution >= 4 is 11.6 Å². The van der Waals surface area contributed by atoms with Gasteiger partial charge in [0.2, 0.25) is 5.91 Å². The summed E-state index contributed by atoms with van der Waals surface area (Å²) < 4.78 is 0. The highest BCUT2D eigenvalue weighted by molar-refractivity contribution is 5.79. The van der Waals surface area contributed by atoms with Crippen molar-refractivity contribution in [2.24, 2.45) is 5.92 Å². The Balaban J connectivity index is 1.70. The van der Waals surface area contributed by atoms with E-state index in [1.165, 1.54) is 11.3 Å². The second-order valence-corrected chi connectivity index (χ2v) is 5.75. The number of benzene rings is 1. The Hall–Kier alpha value is -2.02. The number of amides is 1. The maximum atomic E-state index is 12.0. The third-order valence-corrected chi connectivity index (χ3v) is 4.40. The fraction of sp³-hybridized carbons (Fsp3) is 0.500. The maximum Gasteiger partial charge on any atom is 0.224 e. The predicted molar refractivity (Wildman–Crippen MR) is 77.2 cm³/mol. The number of para-hydroxylation sites is 1. The van der Waals surface area contributed by atoms with Crippen molar-refractivity contribution in [2.75, 3.05) is 24.5 Å². The fourth-order valence-corrected chi connectivity index (χ4v) is 3.30. The van der Waals surface area contributed by atoms with E-state index in [9.17, 15) is 4.79 Å². The number of likely N-dealkylation sites (tertiary alicyclic amines) is 1. The first-order valence-electron chi connectivity index (χ1n) is 7.18. The zero-order valence-electron chi connectivity index (χ0n) is 11.7. The van der Waals surface area contributed by atoms with Gasteiger partial charge in [-0.05, 0) is 25.0 Å². The quantitative estimate of drug-likeness (QED) is 0.824. The predicted octanol–water partition coefficient (Wildman–Crippen LogP) is 1.95. The average Bonchev–Trinajstić information content (AvgIpc) is 3.05. The van der Waals surface area contributed by atoms with Crippen LogP contribution in [0.5, 0.6) is 0 Å². The molecule has 2 saturated heterocycles. The molecule has 2 aliphatic heterocycles. The van der Waals surface area contributed by atoms with Gasteiger partial charge in [-0.15, -0.1) is 0 Å². The number of hydrogen-bond acceptors (Lipinski definition) is 3. The molecule has 4 nitrogen and oxygen atoms in total. The molecule has 0 bridgehead atoms. The molecule has 0 spiro atoms. The SMILES string of the molecule is Cc1ccccc1N1CCC(N2CC(C#N)CC2=O)C1. The Bertz CT molecular complexity index is 563. The monoisotopic (exact) mass is 269 g/mol. The largest absolute Gasteiger partial charge is 0.369 e. The van der Waals surface area contributed by atoms with Crippen LogP contribution in [0.1, 0.15) is 18.4 Å². The van der Waals surface area contributed by atoms with Gasteiger partial charge in [-0.25, -0.2) is 0 Å². The Kier molecular flexibility index (Phi) is 3.35. The van der Waals surface area contributed by atoms with Crippen LogP contribution in [-0.4, -0.2) is 36.5 Å². The van der Waals surface area contributed by atoms with E-state index in [1.54, 1.807) is 0 Å². The number of carbonyl (C=O) groups is 1. The van der Waals surface area contributed by atoms with Crippen molar-refractivity contribution in [3.8, 4) is 6.07 Å². The van der Waals surface area contributed by atoms with Gasteiger partial charge in [-0.2, -0.15) is 5.26 Å². The first-order chi connectivity index (χ1) is 9.69. The van der Waals surface area contributed by atoms with E-state index in [0.717, 1.165) is 19.5 Å². The zero-order valence-corrected chi connectivity index (χ0v) is 11.7. The molecule has 2 heterocycles. The first-order valence-corrected chi connectivity index (χ1v) is 7.18. The zero-order chi connectivity index (χ0) is 14.1. The standard InChI is InChI=1S/C16H19N3O/c1-12-4-2-3-5-15(12)18-7-6-14(11-18)19-10-13(9-17)8-16(19)20/h2-5,13-14H,6-8,10-11H2,1H3. The topological polar surface area (TPSA) is 47.3 Å². The van der Waals surface area contributed by atoms with Gasteiger partial charge in [0.25, 0.3) is 0 Å². The highest BCUT2D eigenvalue weighted by Gasteiger charge is 2.37.